The van der Waals surface area contributed by atoms with Gasteiger partial charge in [-0.2, -0.15) is 39.5 Å². The van der Waals surface area contributed by atoms with Crippen LogP contribution in [0.25, 0.3) is 0 Å². The number of carbonyl (C=O) groups is 1. The van der Waals surface area contributed by atoms with Crippen LogP contribution >= 0.6 is 0 Å². The van der Waals surface area contributed by atoms with Crippen molar-refractivity contribution >= 4 is 11.7 Å². The van der Waals surface area contributed by atoms with Crippen LogP contribution < -0.4 is 15.4 Å². The predicted molar refractivity (Wildman–Crippen MR) is 66.0 cm³/mol. The quantitative estimate of drug-likeness (QED) is 0.763. The summed E-state index contributed by atoms with van der Waals surface area (Å²) >= 11 is 0. The number of anilines is 1. The van der Waals surface area contributed by atoms with Gasteiger partial charge in [-0.1, -0.05) is 0 Å². The van der Waals surface area contributed by atoms with Crippen molar-refractivity contribution in [1.82, 2.24) is 5.32 Å². The lowest BCUT2D eigenvalue weighted by molar-refractivity contribution is -0.255. The second-order valence-corrected chi connectivity index (χ2v) is 4.53. The largest absolute Gasteiger partial charge is 0.495 e. The summed E-state index contributed by atoms with van der Waals surface area (Å²) in [4.78, 5) is 11.4. The Labute approximate surface area is 133 Å². The molecule has 0 aliphatic rings. The number of hydrogen-bond acceptors (Lipinski definition) is 2. The van der Waals surface area contributed by atoms with Gasteiger partial charge in [0, 0.05) is 0 Å². The molecule has 0 saturated heterocycles. The third-order valence-corrected chi connectivity index (χ3v) is 2.71. The summed E-state index contributed by atoms with van der Waals surface area (Å²) in [7, 11) is 0.972. The van der Waals surface area contributed by atoms with Crippen molar-refractivity contribution in [2.24, 2.45) is 0 Å². The first kappa shape index (κ1) is 20.7. The number of nitrogens with one attached hydrogen (secondary N) is 2. The molecule has 0 saturated carbocycles. The highest BCUT2D eigenvalue weighted by molar-refractivity contribution is 5.91. The monoisotopic (exact) mass is 384 g/mol. The summed E-state index contributed by atoms with van der Waals surface area (Å²) < 4.78 is 116. The maximum absolute atomic E-state index is 12.6. The van der Waals surface area contributed by atoms with Crippen LogP contribution in [-0.2, 0) is 6.18 Å². The number of carbonyl (C=O) groups excluding carboxylic acids is 1. The molecule has 0 spiro atoms. The van der Waals surface area contributed by atoms with E-state index in [1.807, 2.05) is 0 Å². The molecule has 0 atom stereocenters. The fourth-order valence-corrected chi connectivity index (χ4v) is 1.62. The van der Waals surface area contributed by atoms with E-state index < -0.39 is 47.6 Å². The van der Waals surface area contributed by atoms with Crippen LogP contribution in [0.2, 0.25) is 0 Å². The van der Waals surface area contributed by atoms with Crippen molar-refractivity contribution in [3.63, 3.8) is 0 Å². The minimum Gasteiger partial charge on any atom is -0.495 e. The molecule has 0 unspecified atom stereocenters. The lowest BCUT2D eigenvalue weighted by Crippen LogP contribution is -2.55. The van der Waals surface area contributed by atoms with E-state index in [0.717, 1.165) is 13.2 Å². The fraction of sp³-hybridized carbons (Fsp3) is 0.417. The van der Waals surface area contributed by atoms with Gasteiger partial charge >= 0.3 is 24.6 Å². The molecule has 13 heteroatoms. The summed E-state index contributed by atoms with van der Waals surface area (Å²) in [6.07, 6.45) is -16.6. The number of ether oxygens (including phenoxy) is 1. The minimum atomic E-state index is -5.85. The Kier molecular flexibility index (Phi) is 5.70. The van der Waals surface area contributed by atoms with Crippen molar-refractivity contribution in [3.05, 3.63) is 23.8 Å². The zero-order valence-corrected chi connectivity index (χ0v) is 12.0. The highest BCUT2D eigenvalue weighted by atomic mass is 19.4. The van der Waals surface area contributed by atoms with Crippen molar-refractivity contribution < 1.29 is 49.0 Å². The molecule has 0 radical (unpaired) electrons. The fourth-order valence-electron chi connectivity index (χ4n) is 1.62. The van der Waals surface area contributed by atoms with Gasteiger partial charge in [-0.3, -0.25) is 0 Å². The Morgan fingerprint density at radius 1 is 1.00 bits per heavy atom. The molecule has 1 rings (SSSR count). The second-order valence-electron chi connectivity index (χ2n) is 4.53. The summed E-state index contributed by atoms with van der Waals surface area (Å²) in [5, 5.41) is 2.09. The van der Waals surface area contributed by atoms with Gasteiger partial charge in [-0.25, -0.2) is 4.79 Å². The van der Waals surface area contributed by atoms with Gasteiger partial charge in [-0.15, -0.1) is 0 Å². The number of methoxy groups -OCH3 is 1. The number of hydrogen-bond donors (Lipinski definition) is 2. The van der Waals surface area contributed by atoms with Crippen molar-refractivity contribution in [3.8, 4) is 5.75 Å². The molecule has 1 aromatic rings. The summed E-state index contributed by atoms with van der Waals surface area (Å²) in [6.45, 7) is 0. The average molecular weight is 384 g/mol. The van der Waals surface area contributed by atoms with Crippen molar-refractivity contribution in [1.29, 1.82) is 0 Å². The SMILES string of the molecule is COc1ccc(C(F)(F)F)cc1NC(=O)NC(C(F)(F)F)C(F)(F)F. The van der Waals surface area contributed by atoms with Crippen molar-refractivity contribution in [2.45, 2.75) is 24.6 Å². The van der Waals surface area contributed by atoms with Crippen molar-refractivity contribution in [2.75, 3.05) is 12.4 Å². The Balaban J connectivity index is 3.06. The maximum atomic E-state index is 12.6. The molecule has 2 N–H and O–H groups in total. The predicted octanol–water partition coefficient (Wildman–Crippen LogP) is 4.33. The third kappa shape index (κ3) is 5.60. The number of alkyl halides is 9. The normalized spacial score (nSPS) is 12.9. The van der Waals surface area contributed by atoms with Crippen LogP contribution in [0.5, 0.6) is 5.75 Å². The number of benzene rings is 1. The number of urea groups is 1. The van der Waals surface area contributed by atoms with Gasteiger partial charge < -0.3 is 15.4 Å². The minimum absolute atomic E-state index is 0.300. The van der Waals surface area contributed by atoms with E-state index in [1.54, 1.807) is 0 Å². The van der Waals surface area contributed by atoms with Crippen LogP contribution in [0.1, 0.15) is 5.56 Å². The number of halogens is 9. The standard InChI is InChI=1S/C12H9F9N2O2/c1-25-7-3-2-5(10(13,14)15)4-6(7)22-9(24)23-8(11(16,17)18)12(19,20)21/h2-4,8H,1H3,(H2,22,23,24). The van der Waals surface area contributed by atoms with Crippen LogP contribution in [0.15, 0.2) is 18.2 Å². The van der Waals surface area contributed by atoms with Crippen LogP contribution in [0, 0.1) is 0 Å². The van der Waals surface area contributed by atoms with E-state index in [-0.39, 0.29) is 0 Å². The summed E-state index contributed by atoms with van der Waals surface area (Å²) in [5.41, 5.74) is -2.07. The molecule has 0 aromatic heterocycles. The molecule has 0 aliphatic heterocycles. The van der Waals surface area contributed by atoms with Gasteiger partial charge in [0.1, 0.15) is 5.75 Å². The molecule has 1 aromatic carbocycles. The van der Waals surface area contributed by atoms with Gasteiger partial charge in [-0.05, 0) is 18.2 Å². The Bertz CT molecular complexity index is 608. The molecule has 2 amide bonds. The first-order chi connectivity index (χ1) is 11.2. The van der Waals surface area contributed by atoms with Crippen LogP contribution in [-0.4, -0.2) is 31.5 Å². The van der Waals surface area contributed by atoms with Gasteiger partial charge in [0.25, 0.3) is 0 Å². The van der Waals surface area contributed by atoms with E-state index >= 15 is 0 Å². The molecule has 0 aliphatic carbocycles. The number of amides is 2. The average Bonchev–Trinajstić information content (AvgIpc) is 2.41. The van der Waals surface area contributed by atoms with Gasteiger partial charge in [0.05, 0.1) is 18.4 Å². The number of rotatable bonds is 3. The van der Waals surface area contributed by atoms with E-state index in [9.17, 15) is 44.3 Å². The zero-order valence-electron chi connectivity index (χ0n) is 12.0. The van der Waals surface area contributed by atoms with Crippen LogP contribution in [0.4, 0.5) is 50.0 Å². The molecular formula is C12H9F9N2O2. The maximum Gasteiger partial charge on any atom is 0.417 e. The second kappa shape index (κ2) is 6.88. The highest BCUT2D eigenvalue weighted by Gasteiger charge is 2.57. The van der Waals surface area contributed by atoms with E-state index in [1.165, 1.54) is 5.32 Å². The Hall–Kier alpha value is -2.34. The topological polar surface area (TPSA) is 50.4 Å². The first-order valence-electron chi connectivity index (χ1n) is 6.12. The molecule has 0 bridgehead atoms. The lowest BCUT2D eigenvalue weighted by atomic mass is 10.2. The zero-order chi connectivity index (χ0) is 19.6. The van der Waals surface area contributed by atoms with E-state index in [0.29, 0.717) is 17.4 Å². The molecule has 0 fully saturated rings. The highest BCUT2D eigenvalue weighted by Crippen LogP contribution is 2.36. The van der Waals surface area contributed by atoms with E-state index in [4.69, 9.17) is 0 Å². The molecular weight excluding hydrogens is 375 g/mol. The molecule has 142 valence electrons. The van der Waals surface area contributed by atoms with Gasteiger partial charge in [0.2, 0.25) is 6.04 Å². The van der Waals surface area contributed by atoms with E-state index in [2.05, 4.69) is 4.74 Å². The molecule has 25 heavy (non-hydrogen) atoms. The lowest BCUT2D eigenvalue weighted by Gasteiger charge is -2.24. The third-order valence-electron chi connectivity index (χ3n) is 2.71. The molecule has 0 heterocycles. The first-order valence-corrected chi connectivity index (χ1v) is 6.12. The smallest absolute Gasteiger partial charge is 0.417 e. The Morgan fingerprint density at radius 2 is 1.52 bits per heavy atom. The van der Waals surface area contributed by atoms with Crippen LogP contribution in [0.3, 0.4) is 0 Å². The molecule has 4 nitrogen and oxygen atoms in total. The summed E-state index contributed by atoms with van der Waals surface area (Å²) in [5.74, 6) is -0.404. The Morgan fingerprint density at radius 3 is 1.92 bits per heavy atom. The summed E-state index contributed by atoms with van der Waals surface area (Å²) in [6, 6.07) is -4.62. The van der Waals surface area contributed by atoms with Gasteiger partial charge in [0.15, 0.2) is 0 Å².